The number of nitrogens with zero attached hydrogens (tertiary/aromatic N) is 1. The molecule has 2 atom stereocenters. The molecule has 1 aliphatic heterocycles. The molecule has 6 heteroatoms. The van der Waals surface area contributed by atoms with Gasteiger partial charge in [-0.25, -0.2) is 4.98 Å². The fraction of sp³-hybridized carbons (Fsp3) is 0.368. The van der Waals surface area contributed by atoms with Crippen molar-refractivity contribution < 1.29 is 9.53 Å². The van der Waals surface area contributed by atoms with E-state index in [1.807, 2.05) is 24.3 Å². The third-order valence-electron chi connectivity index (χ3n) is 4.51. The predicted molar refractivity (Wildman–Crippen MR) is 98.4 cm³/mol. The molecule has 0 radical (unpaired) electrons. The maximum atomic E-state index is 12.8. The van der Waals surface area contributed by atoms with E-state index in [0.717, 1.165) is 25.2 Å². The summed E-state index contributed by atoms with van der Waals surface area (Å²) in [5, 5.41) is 9.71. The van der Waals surface area contributed by atoms with Crippen LogP contribution in [0.25, 0.3) is 0 Å². The molecular formula is C19H24N4O2. The summed E-state index contributed by atoms with van der Waals surface area (Å²) in [7, 11) is 1.62. The lowest BCUT2D eigenvalue weighted by molar-refractivity contribution is 0.0915. The van der Waals surface area contributed by atoms with Crippen LogP contribution in [0.1, 0.15) is 23.7 Å². The van der Waals surface area contributed by atoms with E-state index in [1.165, 1.54) is 0 Å². The van der Waals surface area contributed by atoms with Gasteiger partial charge in [0.05, 0.1) is 18.4 Å². The molecule has 1 aliphatic rings. The lowest BCUT2D eigenvalue weighted by Gasteiger charge is -2.30. The van der Waals surface area contributed by atoms with E-state index >= 15 is 0 Å². The van der Waals surface area contributed by atoms with Crippen LogP contribution >= 0.6 is 0 Å². The van der Waals surface area contributed by atoms with Crippen molar-refractivity contribution in [3.63, 3.8) is 0 Å². The van der Waals surface area contributed by atoms with Gasteiger partial charge in [0.1, 0.15) is 11.6 Å². The van der Waals surface area contributed by atoms with Crippen molar-refractivity contribution in [2.45, 2.75) is 19.4 Å². The fourth-order valence-corrected chi connectivity index (χ4v) is 3.04. The number of pyridine rings is 1. The lowest BCUT2D eigenvalue weighted by atomic mass is 9.95. The second-order valence-corrected chi connectivity index (χ2v) is 6.27. The van der Waals surface area contributed by atoms with Gasteiger partial charge in [-0.3, -0.25) is 4.79 Å². The molecular weight excluding hydrogens is 316 g/mol. The van der Waals surface area contributed by atoms with E-state index in [9.17, 15) is 4.79 Å². The molecule has 2 heterocycles. The summed E-state index contributed by atoms with van der Waals surface area (Å²) >= 11 is 0. The first kappa shape index (κ1) is 17.2. The highest BCUT2D eigenvalue weighted by molar-refractivity contribution is 5.99. The maximum absolute atomic E-state index is 12.8. The van der Waals surface area contributed by atoms with E-state index in [-0.39, 0.29) is 11.9 Å². The first-order chi connectivity index (χ1) is 12.2. The summed E-state index contributed by atoms with van der Waals surface area (Å²) in [5.74, 6) is 1.52. The zero-order valence-electron chi connectivity index (χ0n) is 14.6. The molecule has 6 nitrogen and oxygen atoms in total. The molecule has 0 spiro atoms. The van der Waals surface area contributed by atoms with Crippen LogP contribution in [0.3, 0.4) is 0 Å². The summed E-state index contributed by atoms with van der Waals surface area (Å²) in [6.07, 6.45) is 2.60. The minimum absolute atomic E-state index is 0.107. The van der Waals surface area contributed by atoms with Gasteiger partial charge in [0.2, 0.25) is 0 Å². The van der Waals surface area contributed by atoms with Gasteiger partial charge in [0.25, 0.3) is 5.91 Å². The van der Waals surface area contributed by atoms with Gasteiger partial charge in [-0.1, -0.05) is 19.1 Å². The molecule has 25 heavy (non-hydrogen) atoms. The van der Waals surface area contributed by atoms with Crippen LogP contribution in [0.15, 0.2) is 42.6 Å². The van der Waals surface area contributed by atoms with Gasteiger partial charge < -0.3 is 20.7 Å². The largest absolute Gasteiger partial charge is 0.495 e. The van der Waals surface area contributed by atoms with E-state index in [0.29, 0.717) is 23.0 Å². The minimum Gasteiger partial charge on any atom is -0.495 e. The summed E-state index contributed by atoms with van der Waals surface area (Å²) < 4.78 is 5.36. The second-order valence-electron chi connectivity index (χ2n) is 6.27. The number of ether oxygens (including phenoxy) is 1. The Balaban J connectivity index is 1.79. The van der Waals surface area contributed by atoms with Crippen molar-refractivity contribution in [3.05, 3.63) is 48.2 Å². The van der Waals surface area contributed by atoms with Crippen molar-refractivity contribution in [3.8, 4) is 5.75 Å². The Hall–Kier alpha value is -2.60. The standard InChI is InChI=1S/C19H24N4O2/c1-13-12-20-11-9-15(13)23-19(24)14-6-5-10-21-18(14)22-16-7-3-4-8-17(16)25-2/h3-8,10,13,15,20H,9,11-12H2,1-2H3,(H,21,22)(H,23,24). The quantitative estimate of drug-likeness (QED) is 0.780. The number of aromatic nitrogens is 1. The molecule has 1 aromatic heterocycles. The van der Waals surface area contributed by atoms with Gasteiger partial charge in [-0.2, -0.15) is 0 Å². The monoisotopic (exact) mass is 340 g/mol. The van der Waals surface area contributed by atoms with Crippen LogP contribution in [0.4, 0.5) is 11.5 Å². The number of carbonyl (C=O) groups is 1. The number of hydrogen-bond donors (Lipinski definition) is 3. The van der Waals surface area contributed by atoms with Crippen molar-refractivity contribution in [1.82, 2.24) is 15.6 Å². The molecule has 0 aliphatic carbocycles. The van der Waals surface area contributed by atoms with Gasteiger partial charge in [-0.15, -0.1) is 0 Å². The average molecular weight is 340 g/mol. The average Bonchev–Trinajstić information content (AvgIpc) is 2.64. The summed E-state index contributed by atoms with van der Waals surface area (Å²) in [6.45, 7) is 3.99. The molecule has 1 fully saturated rings. The van der Waals surface area contributed by atoms with Crippen molar-refractivity contribution in [1.29, 1.82) is 0 Å². The van der Waals surface area contributed by atoms with E-state index in [2.05, 4.69) is 27.9 Å². The lowest BCUT2D eigenvalue weighted by Crippen LogP contribution is -2.48. The molecule has 1 aromatic carbocycles. The molecule has 1 saturated heterocycles. The first-order valence-corrected chi connectivity index (χ1v) is 8.55. The number of amides is 1. The zero-order valence-corrected chi connectivity index (χ0v) is 14.6. The van der Waals surface area contributed by atoms with Crippen molar-refractivity contribution >= 4 is 17.4 Å². The van der Waals surface area contributed by atoms with Crippen LogP contribution in [0.2, 0.25) is 0 Å². The van der Waals surface area contributed by atoms with Crippen molar-refractivity contribution in [2.24, 2.45) is 5.92 Å². The third kappa shape index (κ3) is 4.09. The van der Waals surface area contributed by atoms with Crippen LogP contribution in [-0.4, -0.2) is 37.1 Å². The normalized spacial score (nSPS) is 19.9. The maximum Gasteiger partial charge on any atom is 0.255 e. The molecule has 1 amide bonds. The highest BCUT2D eigenvalue weighted by Gasteiger charge is 2.24. The number of benzene rings is 1. The third-order valence-corrected chi connectivity index (χ3v) is 4.51. The number of carbonyl (C=O) groups excluding carboxylic acids is 1. The summed E-state index contributed by atoms with van der Waals surface area (Å²) in [4.78, 5) is 17.1. The van der Waals surface area contributed by atoms with Crippen LogP contribution in [-0.2, 0) is 0 Å². The minimum atomic E-state index is -0.107. The Bertz CT molecular complexity index is 735. The smallest absolute Gasteiger partial charge is 0.255 e. The number of anilines is 2. The van der Waals surface area contributed by atoms with Crippen molar-refractivity contribution in [2.75, 3.05) is 25.5 Å². The van der Waals surface area contributed by atoms with E-state index < -0.39 is 0 Å². The number of methoxy groups -OCH3 is 1. The Kier molecular flexibility index (Phi) is 5.50. The highest BCUT2D eigenvalue weighted by atomic mass is 16.5. The number of hydrogen-bond acceptors (Lipinski definition) is 5. The molecule has 132 valence electrons. The van der Waals surface area contributed by atoms with Gasteiger partial charge in [-0.05, 0) is 49.7 Å². The van der Waals surface area contributed by atoms with Gasteiger partial charge in [0, 0.05) is 12.2 Å². The van der Waals surface area contributed by atoms with Gasteiger partial charge >= 0.3 is 0 Å². The number of rotatable bonds is 5. The molecule has 0 bridgehead atoms. The second kappa shape index (κ2) is 7.98. The van der Waals surface area contributed by atoms with Crippen LogP contribution in [0, 0.1) is 5.92 Å². The fourth-order valence-electron chi connectivity index (χ4n) is 3.04. The zero-order chi connectivity index (χ0) is 17.6. The molecule has 2 unspecified atom stereocenters. The molecule has 2 aromatic rings. The number of piperidine rings is 1. The number of nitrogens with one attached hydrogen (secondary N) is 3. The SMILES string of the molecule is COc1ccccc1Nc1ncccc1C(=O)NC1CCNCC1C. The Morgan fingerprint density at radius 3 is 2.92 bits per heavy atom. The predicted octanol–water partition coefficient (Wildman–Crippen LogP) is 2.56. The molecule has 0 saturated carbocycles. The molecule has 3 rings (SSSR count). The Morgan fingerprint density at radius 1 is 1.28 bits per heavy atom. The molecule has 3 N–H and O–H groups in total. The number of para-hydroxylation sites is 2. The van der Waals surface area contributed by atoms with E-state index in [4.69, 9.17) is 4.74 Å². The van der Waals surface area contributed by atoms with Gasteiger partial charge in [0.15, 0.2) is 0 Å². The highest BCUT2D eigenvalue weighted by Crippen LogP contribution is 2.27. The summed E-state index contributed by atoms with van der Waals surface area (Å²) in [5.41, 5.74) is 1.30. The topological polar surface area (TPSA) is 75.3 Å². The first-order valence-electron chi connectivity index (χ1n) is 8.55. The Labute approximate surface area is 148 Å². The van der Waals surface area contributed by atoms with Crippen LogP contribution in [0.5, 0.6) is 5.75 Å². The Morgan fingerprint density at radius 2 is 2.12 bits per heavy atom. The summed E-state index contributed by atoms with van der Waals surface area (Å²) in [6, 6.07) is 11.3. The van der Waals surface area contributed by atoms with E-state index in [1.54, 1.807) is 25.4 Å². The van der Waals surface area contributed by atoms with Crippen LogP contribution < -0.4 is 20.7 Å².